The molecule has 1 fully saturated rings. The molecule has 0 amide bonds. The second-order valence-electron chi connectivity index (χ2n) is 4.40. The largest absolute Gasteiger partial charge is 0.229 e. The third kappa shape index (κ3) is 2.25. The SMILES string of the molecule is N#CC1(Cc2ccccc2)CCS(=O)(=O)C1. The monoisotopic (exact) mass is 235 g/mol. The van der Waals surface area contributed by atoms with Crippen LogP contribution in [0.1, 0.15) is 12.0 Å². The van der Waals surface area contributed by atoms with Gasteiger partial charge >= 0.3 is 0 Å². The lowest BCUT2D eigenvalue weighted by Crippen LogP contribution is -2.23. The fourth-order valence-corrected chi connectivity index (χ4v) is 4.17. The molecule has 3 nitrogen and oxygen atoms in total. The summed E-state index contributed by atoms with van der Waals surface area (Å²) in [6, 6.07) is 11.8. The van der Waals surface area contributed by atoms with E-state index in [2.05, 4.69) is 6.07 Å². The van der Waals surface area contributed by atoms with Crippen LogP contribution in [0.4, 0.5) is 0 Å². The summed E-state index contributed by atoms with van der Waals surface area (Å²) >= 11 is 0. The third-order valence-electron chi connectivity index (χ3n) is 3.01. The molecule has 0 saturated carbocycles. The second-order valence-corrected chi connectivity index (χ2v) is 6.58. The maximum absolute atomic E-state index is 11.4. The molecule has 1 aliphatic rings. The fourth-order valence-electron chi connectivity index (χ4n) is 2.17. The number of hydrogen-bond acceptors (Lipinski definition) is 3. The molecule has 1 aromatic rings. The summed E-state index contributed by atoms with van der Waals surface area (Å²) in [6.07, 6.45) is 0.990. The molecule has 0 aliphatic carbocycles. The number of sulfone groups is 1. The zero-order valence-electron chi connectivity index (χ0n) is 8.89. The molecule has 0 aromatic heterocycles. The topological polar surface area (TPSA) is 57.9 Å². The van der Waals surface area contributed by atoms with Gasteiger partial charge in [-0.25, -0.2) is 8.42 Å². The van der Waals surface area contributed by atoms with Crippen LogP contribution in [0.5, 0.6) is 0 Å². The zero-order valence-corrected chi connectivity index (χ0v) is 9.70. The van der Waals surface area contributed by atoms with E-state index in [0.717, 1.165) is 5.56 Å². The van der Waals surface area contributed by atoms with Crippen LogP contribution < -0.4 is 0 Å². The number of benzene rings is 1. The third-order valence-corrected chi connectivity index (χ3v) is 4.83. The summed E-state index contributed by atoms with van der Waals surface area (Å²) in [5.74, 6) is 0.152. The van der Waals surface area contributed by atoms with E-state index in [4.69, 9.17) is 0 Å². The Balaban J connectivity index is 2.23. The Morgan fingerprint density at radius 1 is 1.31 bits per heavy atom. The molecular formula is C12H13NO2S. The molecule has 16 heavy (non-hydrogen) atoms. The molecule has 0 N–H and O–H groups in total. The van der Waals surface area contributed by atoms with Crippen LogP contribution in [0.25, 0.3) is 0 Å². The van der Waals surface area contributed by atoms with Gasteiger partial charge in [-0.05, 0) is 18.4 Å². The van der Waals surface area contributed by atoms with Crippen molar-refractivity contribution in [3.63, 3.8) is 0 Å². The van der Waals surface area contributed by atoms with E-state index in [-0.39, 0.29) is 11.5 Å². The van der Waals surface area contributed by atoms with Crippen molar-refractivity contribution in [2.24, 2.45) is 5.41 Å². The van der Waals surface area contributed by atoms with Crippen molar-refractivity contribution in [1.82, 2.24) is 0 Å². The number of rotatable bonds is 2. The van der Waals surface area contributed by atoms with Crippen LogP contribution in [-0.4, -0.2) is 19.9 Å². The van der Waals surface area contributed by atoms with Crippen molar-refractivity contribution in [3.05, 3.63) is 35.9 Å². The Labute approximate surface area is 95.6 Å². The molecule has 0 spiro atoms. The Morgan fingerprint density at radius 3 is 2.50 bits per heavy atom. The van der Waals surface area contributed by atoms with E-state index in [0.29, 0.717) is 12.8 Å². The average Bonchev–Trinajstić information content (AvgIpc) is 2.57. The number of hydrogen-bond donors (Lipinski definition) is 0. The van der Waals surface area contributed by atoms with E-state index in [9.17, 15) is 13.7 Å². The summed E-state index contributed by atoms with van der Waals surface area (Å²) < 4.78 is 22.9. The zero-order chi connectivity index (χ0) is 11.6. The van der Waals surface area contributed by atoms with Crippen LogP contribution in [0.2, 0.25) is 0 Å². The predicted molar refractivity (Wildman–Crippen MR) is 61.5 cm³/mol. The van der Waals surface area contributed by atoms with Gasteiger partial charge in [0.2, 0.25) is 0 Å². The Hall–Kier alpha value is -1.34. The van der Waals surface area contributed by atoms with Crippen molar-refractivity contribution in [2.75, 3.05) is 11.5 Å². The second kappa shape index (κ2) is 3.91. The molecule has 1 atom stereocenters. The van der Waals surface area contributed by atoms with Crippen LogP contribution in [-0.2, 0) is 16.3 Å². The quantitative estimate of drug-likeness (QED) is 0.781. The first-order valence-corrected chi connectivity index (χ1v) is 7.03. The summed E-state index contributed by atoms with van der Waals surface area (Å²) in [5, 5.41) is 9.20. The van der Waals surface area contributed by atoms with Gasteiger partial charge in [0.05, 0.1) is 23.0 Å². The van der Waals surface area contributed by atoms with Crippen LogP contribution in [0.3, 0.4) is 0 Å². The highest BCUT2D eigenvalue weighted by Crippen LogP contribution is 2.34. The molecule has 1 heterocycles. The van der Waals surface area contributed by atoms with Crippen molar-refractivity contribution >= 4 is 9.84 Å². The normalized spacial score (nSPS) is 27.4. The van der Waals surface area contributed by atoms with Gasteiger partial charge in [-0.2, -0.15) is 5.26 Å². The first-order chi connectivity index (χ1) is 7.55. The van der Waals surface area contributed by atoms with E-state index in [1.54, 1.807) is 0 Å². The molecular weight excluding hydrogens is 222 g/mol. The minimum atomic E-state index is -3.01. The van der Waals surface area contributed by atoms with Gasteiger partial charge in [-0.15, -0.1) is 0 Å². The molecule has 1 aliphatic heterocycles. The molecule has 84 valence electrons. The highest BCUT2D eigenvalue weighted by Gasteiger charge is 2.42. The summed E-state index contributed by atoms with van der Waals surface area (Å²) in [6.45, 7) is 0. The predicted octanol–water partition coefficient (Wildman–Crippen LogP) is 1.56. The Bertz CT molecular complexity index is 516. The van der Waals surface area contributed by atoms with Crippen LogP contribution in [0, 0.1) is 16.7 Å². The first kappa shape index (κ1) is 11.2. The highest BCUT2D eigenvalue weighted by atomic mass is 32.2. The van der Waals surface area contributed by atoms with E-state index >= 15 is 0 Å². The van der Waals surface area contributed by atoms with Gasteiger partial charge in [-0.1, -0.05) is 30.3 Å². The fraction of sp³-hybridized carbons (Fsp3) is 0.417. The minimum Gasteiger partial charge on any atom is -0.229 e. The lowest BCUT2D eigenvalue weighted by molar-refractivity contribution is 0.451. The molecule has 1 unspecified atom stereocenters. The standard InChI is InChI=1S/C12H13NO2S/c13-9-12(6-7-16(14,15)10-12)8-11-4-2-1-3-5-11/h1-5H,6-8,10H2. The molecule has 2 rings (SSSR count). The average molecular weight is 235 g/mol. The smallest absolute Gasteiger partial charge is 0.151 e. The summed E-state index contributed by atoms with van der Waals surface area (Å²) in [4.78, 5) is 0. The van der Waals surface area contributed by atoms with E-state index < -0.39 is 15.3 Å². The number of nitrogens with zero attached hydrogens (tertiary/aromatic N) is 1. The van der Waals surface area contributed by atoms with Gasteiger partial charge in [0, 0.05) is 0 Å². The van der Waals surface area contributed by atoms with Crippen LogP contribution in [0.15, 0.2) is 30.3 Å². The van der Waals surface area contributed by atoms with Gasteiger partial charge in [0.1, 0.15) is 0 Å². The van der Waals surface area contributed by atoms with Gasteiger partial charge in [0.15, 0.2) is 9.84 Å². The molecule has 1 saturated heterocycles. The lowest BCUT2D eigenvalue weighted by Gasteiger charge is -2.18. The van der Waals surface area contributed by atoms with Crippen LogP contribution >= 0.6 is 0 Å². The van der Waals surface area contributed by atoms with Crippen molar-refractivity contribution < 1.29 is 8.42 Å². The number of nitriles is 1. The Kier molecular flexibility index (Phi) is 2.73. The first-order valence-electron chi connectivity index (χ1n) is 5.21. The maximum atomic E-state index is 11.4. The van der Waals surface area contributed by atoms with E-state index in [1.807, 2.05) is 30.3 Å². The summed E-state index contributed by atoms with van der Waals surface area (Å²) in [5.41, 5.74) is 0.321. The van der Waals surface area contributed by atoms with Crippen molar-refractivity contribution in [2.45, 2.75) is 12.8 Å². The lowest BCUT2D eigenvalue weighted by atomic mass is 9.83. The van der Waals surface area contributed by atoms with Gasteiger partial charge in [-0.3, -0.25) is 0 Å². The van der Waals surface area contributed by atoms with E-state index in [1.165, 1.54) is 0 Å². The van der Waals surface area contributed by atoms with Crippen molar-refractivity contribution in [3.8, 4) is 6.07 Å². The molecule has 4 heteroatoms. The maximum Gasteiger partial charge on any atom is 0.151 e. The molecule has 0 radical (unpaired) electrons. The van der Waals surface area contributed by atoms with Gasteiger partial charge < -0.3 is 0 Å². The minimum absolute atomic E-state index is 0.00535. The molecule has 0 bridgehead atoms. The van der Waals surface area contributed by atoms with Gasteiger partial charge in [0.25, 0.3) is 0 Å². The van der Waals surface area contributed by atoms with Crippen molar-refractivity contribution in [1.29, 1.82) is 5.26 Å². The highest BCUT2D eigenvalue weighted by molar-refractivity contribution is 7.91. The Morgan fingerprint density at radius 2 is 2.00 bits per heavy atom. The summed E-state index contributed by atoms with van der Waals surface area (Å²) in [7, 11) is -3.01. The molecule has 1 aromatic carbocycles.